The monoisotopic (exact) mass is 537 g/mol. The lowest BCUT2D eigenvalue weighted by Gasteiger charge is -2.37. The van der Waals surface area contributed by atoms with Gasteiger partial charge in [0.2, 0.25) is 0 Å². The molecule has 202 valence electrons. The first-order valence-electron chi connectivity index (χ1n) is 12.9. The molecule has 0 atom stereocenters. The van der Waals surface area contributed by atoms with Crippen molar-refractivity contribution in [1.82, 2.24) is 14.9 Å². The van der Waals surface area contributed by atoms with Crippen LogP contribution in [0, 0.1) is 11.7 Å². The van der Waals surface area contributed by atoms with Crippen LogP contribution in [-0.4, -0.2) is 49.0 Å². The molecular weight excluding hydrogens is 501 g/mol. The van der Waals surface area contributed by atoms with E-state index in [-0.39, 0.29) is 42.1 Å². The third-order valence-electron chi connectivity index (χ3n) is 7.28. The van der Waals surface area contributed by atoms with Gasteiger partial charge in [-0.25, -0.2) is 19.2 Å². The highest BCUT2D eigenvalue weighted by atomic mass is 28.4. The maximum Gasteiger partial charge on any atom is 0.410 e. The van der Waals surface area contributed by atoms with Crippen molar-refractivity contribution in [1.29, 1.82) is 0 Å². The van der Waals surface area contributed by atoms with Crippen molar-refractivity contribution in [3.63, 3.8) is 0 Å². The Labute approximate surface area is 225 Å². The first-order valence-corrected chi connectivity index (χ1v) is 15.8. The summed E-state index contributed by atoms with van der Waals surface area (Å²) in [6.45, 7) is 12.8. The Morgan fingerprint density at radius 1 is 1.03 bits per heavy atom. The second kappa shape index (κ2) is 11.6. The number of benzene rings is 2. The summed E-state index contributed by atoms with van der Waals surface area (Å²) in [5.41, 5.74) is 2.47. The van der Waals surface area contributed by atoms with Crippen molar-refractivity contribution in [2.75, 3.05) is 19.7 Å². The van der Waals surface area contributed by atoms with Crippen LogP contribution < -0.4 is 4.74 Å². The molecule has 1 aliphatic rings. The van der Waals surface area contributed by atoms with Gasteiger partial charge >= 0.3 is 12.1 Å². The number of rotatable bonds is 9. The molecule has 4 rings (SSSR count). The summed E-state index contributed by atoms with van der Waals surface area (Å²) in [6.07, 6.45) is 2.80. The van der Waals surface area contributed by atoms with Crippen molar-refractivity contribution in [3.8, 4) is 17.1 Å². The van der Waals surface area contributed by atoms with Gasteiger partial charge in [-0.2, -0.15) is 0 Å². The number of carbonyl (C=O) groups is 1. The smallest absolute Gasteiger partial charge is 0.410 e. The largest absolute Gasteiger partial charge is 0.463 e. The second-order valence-corrected chi connectivity index (χ2v) is 16.0. The predicted molar refractivity (Wildman–Crippen MR) is 147 cm³/mol. The Morgan fingerprint density at radius 3 is 2.37 bits per heavy atom. The molecule has 1 aromatic heterocycles. The lowest BCUT2D eigenvalue weighted by atomic mass is 10.0. The van der Waals surface area contributed by atoms with Crippen LogP contribution in [0.3, 0.4) is 0 Å². The Hall–Kier alpha value is -3.30. The minimum Gasteiger partial charge on any atom is -0.463 e. The number of aromatic nitrogens is 2. The van der Waals surface area contributed by atoms with E-state index in [1.54, 1.807) is 29.4 Å². The quantitative estimate of drug-likeness (QED) is 0.292. The molecule has 0 N–H and O–H groups in total. The molecule has 1 aliphatic heterocycles. The molecule has 0 aliphatic carbocycles. The van der Waals surface area contributed by atoms with E-state index in [4.69, 9.17) is 13.9 Å². The third-order valence-corrected chi connectivity index (χ3v) is 11.8. The zero-order valence-electron chi connectivity index (χ0n) is 22.7. The van der Waals surface area contributed by atoms with Crippen molar-refractivity contribution < 1.29 is 23.1 Å². The third kappa shape index (κ3) is 6.76. The number of carbonyl (C=O) groups excluding carboxylic acids is 1. The first-order chi connectivity index (χ1) is 18.0. The highest BCUT2D eigenvalue weighted by Gasteiger charge is 2.37. The minimum absolute atomic E-state index is 0.0498. The summed E-state index contributed by atoms with van der Waals surface area (Å²) in [5, 5.41) is 0.0498. The van der Waals surface area contributed by atoms with Gasteiger partial charge in [0.25, 0.3) is 0 Å². The standard InChI is InChI=1S/C29H36FN3O4Si/c1-29(2,3)38(4,5)37-20-23-12-9-13-25(26(23)30)24-14-31-27(32-15-24)35-19-22-16-33(17-22)28(34)36-18-21-10-7-6-8-11-21/h6-15,22H,16-20H2,1-5H3. The maximum absolute atomic E-state index is 15.3. The van der Waals surface area contributed by atoms with Crippen LogP contribution in [0.25, 0.3) is 11.1 Å². The summed E-state index contributed by atoms with van der Waals surface area (Å²) in [6, 6.07) is 15.1. The van der Waals surface area contributed by atoms with Gasteiger partial charge in [0.05, 0.1) is 13.2 Å². The zero-order chi connectivity index (χ0) is 27.3. The lowest BCUT2D eigenvalue weighted by Crippen LogP contribution is -2.52. The lowest BCUT2D eigenvalue weighted by molar-refractivity contribution is 0.0329. The van der Waals surface area contributed by atoms with Crippen molar-refractivity contribution in [2.24, 2.45) is 5.92 Å². The number of halogens is 1. The second-order valence-electron chi connectivity index (χ2n) is 11.2. The zero-order valence-corrected chi connectivity index (χ0v) is 23.7. The molecule has 0 spiro atoms. The maximum atomic E-state index is 15.3. The predicted octanol–water partition coefficient (Wildman–Crippen LogP) is 6.45. The molecule has 2 heterocycles. The molecule has 1 amide bonds. The molecule has 7 nitrogen and oxygen atoms in total. The number of hydrogen-bond donors (Lipinski definition) is 0. The minimum atomic E-state index is -2.00. The number of likely N-dealkylation sites (tertiary alicyclic amines) is 1. The van der Waals surface area contributed by atoms with Gasteiger partial charge in [-0.1, -0.05) is 69.3 Å². The summed E-state index contributed by atoms with van der Waals surface area (Å²) in [5.74, 6) is -0.144. The highest BCUT2D eigenvalue weighted by molar-refractivity contribution is 6.74. The molecule has 0 unspecified atom stereocenters. The SMILES string of the molecule is CC(C)(C)[Si](C)(C)OCc1cccc(-c2cnc(OCC3CN(C(=O)OCc4ccccc4)C3)nc2)c1F. The Morgan fingerprint density at radius 2 is 1.71 bits per heavy atom. The normalized spacial score (nSPS) is 14.2. The van der Waals surface area contributed by atoms with Gasteiger partial charge in [0.1, 0.15) is 12.4 Å². The molecule has 1 fully saturated rings. The summed E-state index contributed by atoms with van der Waals surface area (Å²) < 4.78 is 32.6. The molecule has 2 aromatic carbocycles. The van der Waals surface area contributed by atoms with Crippen molar-refractivity contribution in [2.45, 2.75) is 52.1 Å². The molecule has 1 saturated heterocycles. The van der Waals surface area contributed by atoms with E-state index in [2.05, 4.69) is 43.8 Å². The van der Waals surface area contributed by atoms with Crippen LogP contribution in [0.2, 0.25) is 18.1 Å². The Kier molecular flexibility index (Phi) is 8.47. The molecule has 9 heteroatoms. The highest BCUT2D eigenvalue weighted by Crippen LogP contribution is 2.37. The fraction of sp³-hybridized carbons (Fsp3) is 0.414. The van der Waals surface area contributed by atoms with Gasteiger partial charge in [0.15, 0.2) is 8.32 Å². The van der Waals surface area contributed by atoms with E-state index in [1.165, 1.54) is 0 Å². The van der Waals surface area contributed by atoms with E-state index in [9.17, 15) is 4.79 Å². The topological polar surface area (TPSA) is 73.8 Å². The molecular formula is C29H36FN3O4Si. The van der Waals surface area contributed by atoms with Gasteiger partial charge < -0.3 is 18.8 Å². The van der Waals surface area contributed by atoms with Crippen LogP contribution in [0.1, 0.15) is 31.9 Å². The fourth-order valence-electron chi connectivity index (χ4n) is 3.75. The van der Waals surface area contributed by atoms with Crippen LogP contribution in [0.5, 0.6) is 6.01 Å². The Balaban J connectivity index is 1.25. The molecule has 3 aromatic rings. The van der Waals surface area contributed by atoms with Crippen LogP contribution in [-0.2, 0) is 22.4 Å². The van der Waals surface area contributed by atoms with Crippen molar-refractivity contribution in [3.05, 3.63) is 77.9 Å². The van der Waals surface area contributed by atoms with Gasteiger partial charge in [0, 0.05) is 48.1 Å². The van der Waals surface area contributed by atoms with Gasteiger partial charge in [-0.05, 0) is 23.7 Å². The van der Waals surface area contributed by atoms with Crippen LogP contribution in [0.4, 0.5) is 9.18 Å². The summed E-state index contributed by atoms with van der Waals surface area (Å²) in [4.78, 5) is 22.3. The fourth-order valence-corrected chi connectivity index (χ4v) is 4.70. The number of ether oxygens (including phenoxy) is 2. The summed E-state index contributed by atoms with van der Waals surface area (Å²) >= 11 is 0. The van der Waals surface area contributed by atoms with E-state index < -0.39 is 8.32 Å². The molecule has 0 saturated carbocycles. The van der Waals surface area contributed by atoms with Crippen LogP contribution >= 0.6 is 0 Å². The Bertz CT molecular complexity index is 1230. The van der Waals surface area contributed by atoms with Gasteiger partial charge in [-0.3, -0.25) is 0 Å². The van der Waals surface area contributed by atoms with Crippen LogP contribution in [0.15, 0.2) is 60.9 Å². The number of amides is 1. The average Bonchev–Trinajstić information content (AvgIpc) is 2.86. The average molecular weight is 538 g/mol. The first kappa shape index (κ1) is 27.7. The molecule has 38 heavy (non-hydrogen) atoms. The van der Waals surface area contributed by atoms with Crippen molar-refractivity contribution >= 4 is 14.4 Å². The van der Waals surface area contributed by atoms with E-state index in [1.807, 2.05) is 36.4 Å². The number of nitrogens with zero attached hydrogens (tertiary/aromatic N) is 3. The van der Waals surface area contributed by atoms with E-state index >= 15 is 4.39 Å². The van der Waals surface area contributed by atoms with E-state index in [0.717, 1.165) is 5.56 Å². The van der Waals surface area contributed by atoms with Gasteiger partial charge in [-0.15, -0.1) is 0 Å². The molecule has 0 bridgehead atoms. The van der Waals surface area contributed by atoms with E-state index in [0.29, 0.717) is 36.4 Å². The number of hydrogen-bond acceptors (Lipinski definition) is 6. The molecule has 0 radical (unpaired) electrons. The summed E-state index contributed by atoms with van der Waals surface area (Å²) in [7, 11) is -2.00.